The number of carbonyl (C=O) groups excluding carboxylic acids is 2. The lowest BCUT2D eigenvalue weighted by atomic mass is 9.55. The number of hydrogen-bond acceptors (Lipinski definition) is 2. The van der Waals surface area contributed by atoms with Gasteiger partial charge in [0.05, 0.1) is 0 Å². The van der Waals surface area contributed by atoms with E-state index in [1.165, 1.54) is 30.4 Å². The molecule has 0 radical (unpaired) electrons. The molecule has 2 fully saturated rings. The summed E-state index contributed by atoms with van der Waals surface area (Å²) in [5.41, 5.74) is 4.76. The average Bonchev–Trinajstić information content (AvgIpc) is 2.84. The predicted octanol–water partition coefficient (Wildman–Crippen LogP) is 4.40. The van der Waals surface area contributed by atoms with E-state index in [0.717, 1.165) is 25.7 Å². The minimum absolute atomic E-state index is 0.228. The summed E-state index contributed by atoms with van der Waals surface area (Å²) in [4.78, 5) is 23.8. The molecular formula is C20H26O2. The maximum atomic E-state index is 12.1. The molecular weight excluding hydrogens is 272 g/mol. The maximum absolute atomic E-state index is 12.1. The summed E-state index contributed by atoms with van der Waals surface area (Å²) >= 11 is 0. The number of rotatable bonds is 1. The normalized spacial score (nSPS) is 40.7. The van der Waals surface area contributed by atoms with Gasteiger partial charge in [0, 0.05) is 12.3 Å². The second kappa shape index (κ2) is 4.91. The van der Waals surface area contributed by atoms with Gasteiger partial charge in [-0.1, -0.05) is 12.5 Å². The van der Waals surface area contributed by atoms with Crippen LogP contribution >= 0.6 is 0 Å². The first-order chi connectivity index (χ1) is 10.5. The average molecular weight is 298 g/mol. The lowest BCUT2D eigenvalue weighted by Crippen LogP contribution is -2.41. The third-order valence-electron chi connectivity index (χ3n) is 7.22. The van der Waals surface area contributed by atoms with Gasteiger partial charge in [-0.25, -0.2) is 0 Å². The number of hydrogen-bond donors (Lipinski definition) is 0. The summed E-state index contributed by atoms with van der Waals surface area (Å²) < 4.78 is 0. The molecule has 4 aliphatic rings. The zero-order valence-electron chi connectivity index (χ0n) is 13.8. The molecule has 118 valence electrons. The first-order valence-corrected chi connectivity index (χ1v) is 8.97. The molecule has 0 amide bonds. The Bertz CT molecular complexity index is 609. The van der Waals surface area contributed by atoms with E-state index >= 15 is 0 Å². The molecule has 2 heteroatoms. The van der Waals surface area contributed by atoms with Crippen LogP contribution in [0.5, 0.6) is 0 Å². The molecule has 0 spiro atoms. The lowest BCUT2D eigenvalue weighted by molar-refractivity contribution is -0.125. The van der Waals surface area contributed by atoms with Crippen molar-refractivity contribution in [1.29, 1.82) is 0 Å². The highest BCUT2D eigenvalue weighted by Gasteiger charge is 2.54. The number of ketones is 2. The van der Waals surface area contributed by atoms with E-state index in [4.69, 9.17) is 0 Å². The Hall–Kier alpha value is -1.18. The van der Waals surface area contributed by atoms with Crippen molar-refractivity contribution in [3.63, 3.8) is 0 Å². The van der Waals surface area contributed by atoms with Crippen LogP contribution in [0.4, 0.5) is 0 Å². The largest absolute Gasteiger partial charge is 0.300 e. The summed E-state index contributed by atoms with van der Waals surface area (Å²) in [5, 5.41) is 0. The molecule has 4 aliphatic carbocycles. The summed E-state index contributed by atoms with van der Waals surface area (Å²) in [6.45, 7) is 4.18. The molecule has 4 atom stereocenters. The molecule has 0 N–H and O–H groups in total. The summed E-state index contributed by atoms with van der Waals surface area (Å²) in [6.07, 6.45) is 10.5. The van der Waals surface area contributed by atoms with Crippen molar-refractivity contribution in [1.82, 2.24) is 0 Å². The second-order valence-corrected chi connectivity index (χ2v) is 8.14. The van der Waals surface area contributed by atoms with E-state index in [0.29, 0.717) is 29.8 Å². The zero-order valence-corrected chi connectivity index (χ0v) is 13.8. The lowest BCUT2D eigenvalue weighted by Gasteiger charge is -2.49. The van der Waals surface area contributed by atoms with Crippen LogP contribution in [0.3, 0.4) is 0 Å². The Balaban J connectivity index is 1.72. The molecule has 0 aromatic rings. The molecule has 2 saturated carbocycles. The van der Waals surface area contributed by atoms with E-state index in [-0.39, 0.29) is 11.3 Å². The second-order valence-electron chi connectivity index (χ2n) is 8.14. The van der Waals surface area contributed by atoms with E-state index < -0.39 is 0 Å². The van der Waals surface area contributed by atoms with E-state index in [1.807, 2.05) is 6.08 Å². The molecule has 0 saturated heterocycles. The molecule has 3 unspecified atom stereocenters. The van der Waals surface area contributed by atoms with Gasteiger partial charge < -0.3 is 0 Å². The fourth-order valence-electron chi connectivity index (χ4n) is 6.20. The fourth-order valence-corrected chi connectivity index (χ4v) is 6.20. The van der Waals surface area contributed by atoms with E-state index in [1.54, 1.807) is 12.5 Å². The predicted molar refractivity (Wildman–Crippen MR) is 86.3 cm³/mol. The Morgan fingerprint density at radius 3 is 2.73 bits per heavy atom. The number of fused-ring (bicyclic) bond motifs is 4. The van der Waals surface area contributed by atoms with E-state index in [2.05, 4.69) is 6.92 Å². The van der Waals surface area contributed by atoms with Gasteiger partial charge in [0.1, 0.15) is 5.78 Å². The minimum Gasteiger partial charge on any atom is -0.300 e. The molecule has 0 heterocycles. The quantitative estimate of drug-likeness (QED) is 0.719. The summed E-state index contributed by atoms with van der Waals surface area (Å²) in [7, 11) is 0. The smallest absolute Gasteiger partial charge is 0.156 e. The minimum atomic E-state index is 0.228. The van der Waals surface area contributed by atoms with Gasteiger partial charge in [0.25, 0.3) is 0 Å². The van der Waals surface area contributed by atoms with Gasteiger partial charge in [0.2, 0.25) is 0 Å². The highest BCUT2D eigenvalue weighted by molar-refractivity contribution is 5.93. The standard InChI is InChI=1S/C20H26O2/c1-12(21)18-7-8-19-17-5-3-13-11-14(22)4-6-15(13)16(17)9-10-20(18,19)2/h11,17-19H,3-10H2,1-2H3/t17?,18?,19?,20-/m1/s1. The molecule has 0 bridgehead atoms. The first-order valence-electron chi connectivity index (χ1n) is 8.97. The van der Waals surface area contributed by atoms with Crippen molar-refractivity contribution >= 4 is 11.6 Å². The topological polar surface area (TPSA) is 34.1 Å². The number of Topliss-reactive ketones (excluding diaryl/α,β-unsaturated/α-hetero) is 1. The van der Waals surface area contributed by atoms with Crippen LogP contribution in [0.25, 0.3) is 0 Å². The van der Waals surface area contributed by atoms with Crippen LogP contribution in [0.1, 0.15) is 65.2 Å². The third kappa shape index (κ3) is 1.92. The summed E-state index contributed by atoms with van der Waals surface area (Å²) in [6, 6.07) is 0. The van der Waals surface area contributed by atoms with Crippen LogP contribution in [-0.2, 0) is 9.59 Å². The van der Waals surface area contributed by atoms with Crippen molar-refractivity contribution in [3.05, 3.63) is 22.8 Å². The van der Waals surface area contributed by atoms with Crippen LogP contribution < -0.4 is 0 Å². The molecule has 0 aromatic heterocycles. The summed E-state index contributed by atoms with van der Waals surface area (Å²) in [5.74, 6) is 2.38. The molecule has 22 heavy (non-hydrogen) atoms. The Labute approximate surface area is 133 Å². The van der Waals surface area contributed by atoms with E-state index in [9.17, 15) is 9.59 Å². The van der Waals surface area contributed by atoms with Crippen LogP contribution in [-0.4, -0.2) is 11.6 Å². The maximum Gasteiger partial charge on any atom is 0.156 e. The Kier molecular flexibility index (Phi) is 3.22. The Morgan fingerprint density at radius 1 is 1.14 bits per heavy atom. The van der Waals surface area contributed by atoms with Crippen molar-refractivity contribution < 1.29 is 9.59 Å². The van der Waals surface area contributed by atoms with Crippen molar-refractivity contribution in [2.75, 3.05) is 0 Å². The number of carbonyl (C=O) groups is 2. The highest BCUT2D eigenvalue weighted by atomic mass is 16.1. The Morgan fingerprint density at radius 2 is 1.95 bits per heavy atom. The molecule has 0 aromatic carbocycles. The fraction of sp³-hybridized carbons (Fsp3) is 0.700. The number of allylic oxidation sites excluding steroid dienone is 4. The van der Waals surface area contributed by atoms with Gasteiger partial charge in [-0.3, -0.25) is 9.59 Å². The van der Waals surface area contributed by atoms with Crippen LogP contribution in [0, 0.1) is 23.2 Å². The SMILES string of the molecule is CC(=O)C1CCC2C3CCC4=CC(=O)CCC4=C3CC[C@]12C. The molecule has 4 rings (SSSR count). The first kappa shape index (κ1) is 14.4. The van der Waals surface area contributed by atoms with Gasteiger partial charge in [-0.15, -0.1) is 0 Å². The van der Waals surface area contributed by atoms with Gasteiger partial charge in [0.15, 0.2) is 5.78 Å². The van der Waals surface area contributed by atoms with Crippen LogP contribution in [0.15, 0.2) is 22.8 Å². The van der Waals surface area contributed by atoms with Gasteiger partial charge >= 0.3 is 0 Å². The highest BCUT2D eigenvalue weighted by Crippen LogP contribution is 2.62. The zero-order chi connectivity index (χ0) is 15.5. The molecule has 2 nitrogen and oxygen atoms in total. The van der Waals surface area contributed by atoms with Crippen molar-refractivity contribution in [2.45, 2.75) is 65.2 Å². The van der Waals surface area contributed by atoms with Crippen LogP contribution in [0.2, 0.25) is 0 Å². The van der Waals surface area contributed by atoms with Gasteiger partial charge in [-0.2, -0.15) is 0 Å². The monoisotopic (exact) mass is 298 g/mol. The van der Waals surface area contributed by atoms with Crippen molar-refractivity contribution in [2.24, 2.45) is 23.2 Å². The third-order valence-corrected chi connectivity index (χ3v) is 7.22. The van der Waals surface area contributed by atoms with Crippen molar-refractivity contribution in [3.8, 4) is 0 Å². The van der Waals surface area contributed by atoms with Gasteiger partial charge in [-0.05, 0) is 86.3 Å². The molecule has 0 aliphatic heterocycles.